The number of nitrogens with zero attached hydrogens (tertiary/aromatic N) is 4. The summed E-state index contributed by atoms with van der Waals surface area (Å²) >= 11 is 1.36. The SMILES string of the molecule is C=CCN=c1scc(-c2cc(OC)c(OC)c(OC)c2)n1/N=C\c1cc2c(cc1[N+](=O)[O-])OCO2. The van der Waals surface area contributed by atoms with E-state index in [4.69, 9.17) is 23.7 Å². The van der Waals surface area contributed by atoms with Crippen molar-refractivity contribution >= 4 is 23.2 Å². The van der Waals surface area contributed by atoms with Gasteiger partial charge in [0.2, 0.25) is 17.3 Å². The average Bonchev–Trinajstić information content (AvgIpc) is 3.50. The first-order chi connectivity index (χ1) is 17.0. The second kappa shape index (κ2) is 10.3. The first-order valence-electron chi connectivity index (χ1n) is 10.2. The van der Waals surface area contributed by atoms with Crippen LogP contribution in [-0.4, -0.2) is 50.5 Å². The largest absolute Gasteiger partial charge is 0.493 e. The van der Waals surface area contributed by atoms with Crippen molar-refractivity contribution in [3.63, 3.8) is 0 Å². The molecular formula is C23H22N4O7S. The van der Waals surface area contributed by atoms with Crippen LogP contribution >= 0.6 is 11.3 Å². The van der Waals surface area contributed by atoms with Crippen LogP contribution < -0.4 is 28.5 Å². The minimum Gasteiger partial charge on any atom is -0.493 e. The number of ether oxygens (including phenoxy) is 5. The molecule has 2 aromatic carbocycles. The van der Waals surface area contributed by atoms with Gasteiger partial charge in [0, 0.05) is 10.9 Å². The summed E-state index contributed by atoms with van der Waals surface area (Å²) in [6, 6.07) is 6.42. The molecule has 1 aliphatic heterocycles. The van der Waals surface area contributed by atoms with E-state index in [1.54, 1.807) is 22.9 Å². The fraction of sp³-hybridized carbons (Fsp3) is 0.217. The van der Waals surface area contributed by atoms with E-state index in [1.165, 1.54) is 51.0 Å². The highest BCUT2D eigenvalue weighted by molar-refractivity contribution is 7.07. The summed E-state index contributed by atoms with van der Waals surface area (Å²) < 4.78 is 28.6. The molecule has 11 nitrogen and oxygen atoms in total. The summed E-state index contributed by atoms with van der Waals surface area (Å²) in [6.45, 7) is 4.08. The van der Waals surface area contributed by atoms with Gasteiger partial charge in [0.1, 0.15) is 0 Å². The number of thiazole rings is 1. The number of hydrogen-bond donors (Lipinski definition) is 0. The van der Waals surface area contributed by atoms with Gasteiger partial charge >= 0.3 is 0 Å². The van der Waals surface area contributed by atoms with Gasteiger partial charge in [0.25, 0.3) is 5.69 Å². The van der Waals surface area contributed by atoms with Crippen LogP contribution in [-0.2, 0) is 0 Å². The molecule has 0 fully saturated rings. The first kappa shape index (κ1) is 23.8. The Bertz CT molecular complexity index is 1350. The minimum atomic E-state index is -0.495. The van der Waals surface area contributed by atoms with Crippen LogP contribution in [0.2, 0.25) is 0 Å². The molecule has 2 heterocycles. The van der Waals surface area contributed by atoms with Crippen molar-refractivity contribution in [3.8, 4) is 40.0 Å². The molecule has 1 aliphatic rings. The molecule has 12 heteroatoms. The number of hydrogen-bond acceptors (Lipinski definition) is 10. The Labute approximate surface area is 204 Å². The van der Waals surface area contributed by atoms with Gasteiger partial charge in [-0.25, -0.2) is 4.68 Å². The van der Waals surface area contributed by atoms with Crippen LogP contribution in [0.4, 0.5) is 5.69 Å². The molecule has 0 N–H and O–H groups in total. The predicted molar refractivity (Wildman–Crippen MR) is 130 cm³/mol. The van der Waals surface area contributed by atoms with Crippen LogP contribution in [0.25, 0.3) is 11.3 Å². The second-order valence-electron chi connectivity index (χ2n) is 7.02. The van der Waals surface area contributed by atoms with Crippen LogP contribution in [0.1, 0.15) is 5.56 Å². The number of aromatic nitrogens is 1. The number of methoxy groups -OCH3 is 3. The summed E-state index contributed by atoms with van der Waals surface area (Å²) in [5, 5.41) is 18.1. The highest BCUT2D eigenvalue weighted by Gasteiger charge is 2.23. The van der Waals surface area contributed by atoms with Gasteiger partial charge in [0.05, 0.1) is 56.3 Å². The number of nitro benzene ring substituents is 1. The molecule has 0 atom stereocenters. The Balaban J connectivity index is 1.87. The zero-order valence-corrected chi connectivity index (χ0v) is 20.0. The third-order valence-corrected chi connectivity index (χ3v) is 5.89. The van der Waals surface area contributed by atoms with Gasteiger partial charge in [-0.2, -0.15) is 5.10 Å². The molecule has 3 aromatic rings. The first-order valence-corrected chi connectivity index (χ1v) is 11.1. The Morgan fingerprint density at radius 3 is 2.43 bits per heavy atom. The average molecular weight is 499 g/mol. The molecule has 1 aromatic heterocycles. The number of benzene rings is 2. The third-order valence-electron chi connectivity index (χ3n) is 5.03. The Morgan fingerprint density at radius 1 is 1.14 bits per heavy atom. The van der Waals surface area contributed by atoms with Crippen molar-refractivity contribution in [2.45, 2.75) is 0 Å². The molecule has 0 unspecified atom stereocenters. The number of rotatable bonds is 9. The smallest absolute Gasteiger partial charge is 0.282 e. The summed E-state index contributed by atoms with van der Waals surface area (Å²) in [5.74, 6) is 2.13. The summed E-state index contributed by atoms with van der Waals surface area (Å²) in [6.07, 6.45) is 3.05. The van der Waals surface area contributed by atoms with Crippen molar-refractivity contribution in [1.29, 1.82) is 0 Å². The molecule has 182 valence electrons. The molecule has 4 rings (SSSR count). The van der Waals surface area contributed by atoms with E-state index in [0.29, 0.717) is 51.4 Å². The van der Waals surface area contributed by atoms with Crippen molar-refractivity contribution < 1.29 is 28.6 Å². The maximum absolute atomic E-state index is 11.7. The van der Waals surface area contributed by atoms with Gasteiger partial charge in [-0.15, -0.1) is 17.9 Å². The third kappa shape index (κ3) is 4.68. The van der Waals surface area contributed by atoms with Crippen molar-refractivity contribution in [2.75, 3.05) is 34.7 Å². The van der Waals surface area contributed by atoms with Gasteiger partial charge in [-0.1, -0.05) is 6.08 Å². The van der Waals surface area contributed by atoms with Crippen LogP contribution in [0.15, 0.2) is 52.4 Å². The molecule has 0 saturated carbocycles. The standard InChI is InChI=1S/C23H22N4O7S/c1-5-6-24-23-26(25-11-15-9-18-19(34-13-33-18)10-16(15)27(28)29)17(12-35-23)14-7-20(30-2)22(32-4)21(8-14)31-3/h5,7-12H,1,6,13H2,2-4H3/b24-23?,25-11-. The molecule has 0 bridgehead atoms. The lowest BCUT2D eigenvalue weighted by Crippen LogP contribution is -2.13. The van der Waals surface area contributed by atoms with Crippen LogP contribution in [0, 0.1) is 10.1 Å². The summed E-state index contributed by atoms with van der Waals surface area (Å²) in [7, 11) is 4.59. The van der Waals surface area contributed by atoms with Crippen LogP contribution in [0.3, 0.4) is 0 Å². The minimum absolute atomic E-state index is 0.00221. The van der Waals surface area contributed by atoms with E-state index in [1.807, 2.05) is 5.38 Å². The second-order valence-corrected chi connectivity index (χ2v) is 7.86. The van der Waals surface area contributed by atoms with Gasteiger partial charge < -0.3 is 23.7 Å². The lowest BCUT2D eigenvalue weighted by molar-refractivity contribution is -0.385. The zero-order chi connectivity index (χ0) is 24.9. The van der Waals surface area contributed by atoms with E-state index in [2.05, 4.69) is 16.7 Å². The topological polar surface area (TPSA) is 119 Å². The Hall–Kier alpha value is -4.32. The van der Waals surface area contributed by atoms with E-state index >= 15 is 0 Å². The number of nitro groups is 1. The lowest BCUT2D eigenvalue weighted by atomic mass is 10.1. The van der Waals surface area contributed by atoms with E-state index in [9.17, 15) is 10.1 Å². The molecular weight excluding hydrogens is 476 g/mol. The Kier molecular flexibility index (Phi) is 7.01. The molecule has 0 radical (unpaired) electrons. The maximum atomic E-state index is 11.7. The van der Waals surface area contributed by atoms with Gasteiger partial charge in [-0.05, 0) is 18.2 Å². The van der Waals surface area contributed by atoms with E-state index in [-0.39, 0.29) is 18.0 Å². The predicted octanol–water partition coefficient (Wildman–Crippen LogP) is 3.85. The quantitative estimate of drug-likeness (QED) is 0.190. The summed E-state index contributed by atoms with van der Waals surface area (Å²) in [5.41, 5.74) is 1.47. The number of fused-ring (bicyclic) bond motifs is 1. The van der Waals surface area contributed by atoms with Gasteiger partial charge in [0.15, 0.2) is 23.0 Å². The van der Waals surface area contributed by atoms with E-state index < -0.39 is 4.92 Å². The van der Waals surface area contributed by atoms with Crippen molar-refractivity contribution in [1.82, 2.24) is 4.68 Å². The Morgan fingerprint density at radius 2 is 1.83 bits per heavy atom. The summed E-state index contributed by atoms with van der Waals surface area (Å²) in [4.78, 5) is 16.2. The fourth-order valence-electron chi connectivity index (χ4n) is 3.42. The van der Waals surface area contributed by atoms with E-state index in [0.717, 1.165) is 0 Å². The normalized spacial score (nSPS) is 12.7. The zero-order valence-electron chi connectivity index (χ0n) is 19.2. The lowest BCUT2D eigenvalue weighted by Gasteiger charge is -2.14. The maximum Gasteiger partial charge on any atom is 0.282 e. The highest BCUT2D eigenvalue weighted by atomic mass is 32.1. The fourth-order valence-corrected chi connectivity index (χ4v) is 4.26. The monoisotopic (exact) mass is 498 g/mol. The molecule has 35 heavy (non-hydrogen) atoms. The molecule has 0 spiro atoms. The molecule has 0 saturated heterocycles. The highest BCUT2D eigenvalue weighted by Crippen LogP contribution is 2.41. The van der Waals surface area contributed by atoms with Crippen molar-refractivity contribution in [3.05, 3.63) is 62.8 Å². The molecule has 0 amide bonds. The van der Waals surface area contributed by atoms with Crippen LogP contribution in [0.5, 0.6) is 28.7 Å². The van der Waals surface area contributed by atoms with Crippen molar-refractivity contribution in [2.24, 2.45) is 10.1 Å². The van der Waals surface area contributed by atoms with Gasteiger partial charge in [-0.3, -0.25) is 15.1 Å². The molecule has 0 aliphatic carbocycles.